The highest BCUT2D eigenvalue weighted by Crippen LogP contribution is 2.25. The number of nitrogen functional groups attached to an aromatic ring is 1. The first-order chi connectivity index (χ1) is 8.61. The van der Waals surface area contributed by atoms with Gasteiger partial charge >= 0.3 is 0 Å². The van der Waals surface area contributed by atoms with Gasteiger partial charge in [-0.05, 0) is 18.9 Å². The number of anilines is 2. The second-order valence-electron chi connectivity index (χ2n) is 4.42. The number of piperidine rings is 1. The maximum absolute atomic E-state index is 11.1. The molecule has 0 spiro atoms. The number of carbonyl (C=O) groups excluding carboxylic acids is 1. The minimum Gasteiger partial charge on any atom is -0.397 e. The second kappa shape index (κ2) is 4.92. The van der Waals surface area contributed by atoms with Crippen LogP contribution in [0.5, 0.6) is 0 Å². The molecule has 6 nitrogen and oxygen atoms in total. The number of primary amides is 1. The predicted octanol–water partition coefficient (Wildman–Crippen LogP) is 0.237. The van der Waals surface area contributed by atoms with Crippen molar-refractivity contribution in [3.63, 3.8) is 0 Å². The average Bonchev–Trinajstić information content (AvgIpc) is 2.38. The molecular weight excluding hydrogens is 230 g/mol. The highest BCUT2D eigenvalue weighted by molar-refractivity contribution is 5.77. The Kier molecular flexibility index (Phi) is 3.33. The van der Waals surface area contributed by atoms with Crippen LogP contribution in [0.15, 0.2) is 12.3 Å². The Balaban J connectivity index is 2.15. The zero-order valence-corrected chi connectivity index (χ0v) is 9.97. The van der Waals surface area contributed by atoms with Gasteiger partial charge in [-0.15, -0.1) is 0 Å². The number of hydrogen-bond acceptors (Lipinski definition) is 5. The van der Waals surface area contributed by atoms with Gasteiger partial charge < -0.3 is 16.4 Å². The second-order valence-corrected chi connectivity index (χ2v) is 4.42. The SMILES string of the molecule is N#Cc1cc(N)cnc1N1CCC(C(N)=O)CC1. The van der Waals surface area contributed by atoms with Crippen molar-refractivity contribution in [2.24, 2.45) is 11.7 Å². The summed E-state index contributed by atoms with van der Waals surface area (Å²) in [5, 5.41) is 9.07. The molecule has 6 heteroatoms. The van der Waals surface area contributed by atoms with Crippen molar-refractivity contribution in [3.05, 3.63) is 17.8 Å². The van der Waals surface area contributed by atoms with Crippen LogP contribution in [0.2, 0.25) is 0 Å². The van der Waals surface area contributed by atoms with E-state index < -0.39 is 0 Å². The van der Waals surface area contributed by atoms with Gasteiger partial charge in [0.25, 0.3) is 0 Å². The third-order valence-electron chi connectivity index (χ3n) is 3.21. The van der Waals surface area contributed by atoms with Crippen LogP contribution in [0.3, 0.4) is 0 Å². The first-order valence-corrected chi connectivity index (χ1v) is 5.81. The lowest BCUT2D eigenvalue weighted by atomic mass is 9.96. The molecule has 1 fully saturated rings. The third kappa shape index (κ3) is 2.35. The fourth-order valence-electron chi connectivity index (χ4n) is 2.18. The lowest BCUT2D eigenvalue weighted by Crippen LogP contribution is -2.39. The standard InChI is InChI=1S/C12H15N5O/c13-6-9-5-10(14)7-16-12(9)17-3-1-8(2-4-17)11(15)18/h5,7-8H,1-4,14H2,(H2,15,18). The quantitative estimate of drug-likeness (QED) is 0.775. The van der Waals surface area contributed by atoms with Crippen LogP contribution in [0, 0.1) is 17.2 Å². The Hall–Kier alpha value is -2.29. The summed E-state index contributed by atoms with van der Waals surface area (Å²) in [6.45, 7) is 1.36. The number of rotatable bonds is 2. The number of amides is 1. The lowest BCUT2D eigenvalue weighted by Gasteiger charge is -2.31. The first kappa shape index (κ1) is 12.2. The van der Waals surface area contributed by atoms with Crippen LogP contribution in [-0.4, -0.2) is 24.0 Å². The maximum atomic E-state index is 11.1. The van der Waals surface area contributed by atoms with Crippen molar-refractivity contribution in [1.82, 2.24) is 4.98 Å². The Morgan fingerprint density at radius 3 is 2.72 bits per heavy atom. The van der Waals surface area contributed by atoms with E-state index in [9.17, 15) is 4.79 Å². The summed E-state index contributed by atoms with van der Waals surface area (Å²) in [6.07, 6.45) is 2.94. The van der Waals surface area contributed by atoms with Gasteiger partial charge in [-0.3, -0.25) is 4.79 Å². The molecule has 0 atom stereocenters. The van der Waals surface area contributed by atoms with Crippen molar-refractivity contribution in [3.8, 4) is 6.07 Å². The van der Waals surface area contributed by atoms with E-state index in [-0.39, 0.29) is 11.8 Å². The summed E-state index contributed by atoms with van der Waals surface area (Å²) < 4.78 is 0. The number of nitrogens with zero attached hydrogens (tertiary/aromatic N) is 3. The highest BCUT2D eigenvalue weighted by atomic mass is 16.1. The smallest absolute Gasteiger partial charge is 0.220 e. The van der Waals surface area contributed by atoms with Gasteiger partial charge in [-0.1, -0.05) is 0 Å². The molecule has 0 aliphatic carbocycles. The molecule has 1 aliphatic heterocycles. The van der Waals surface area contributed by atoms with Gasteiger partial charge in [0.15, 0.2) is 0 Å². The third-order valence-corrected chi connectivity index (χ3v) is 3.21. The molecule has 1 aromatic heterocycles. The fraction of sp³-hybridized carbons (Fsp3) is 0.417. The summed E-state index contributed by atoms with van der Waals surface area (Å²) in [7, 11) is 0. The summed E-state index contributed by atoms with van der Waals surface area (Å²) >= 11 is 0. The number of nitrogens with two attached hydrogens (primary N) is 2. The zero-order chi connectivity index (χ0) is 13.1. The molecule has 0 bridgehead atoms. The van der Waals surface area contributed by atoms with Crippen molar-refractivity contribution in [1.29, 1.82) is 5.26 Å². The Morgan fingerprint density at radius 1 is 1.50 bits per heavy atom. The molecule has 1 aromatic rings. The monoisotopic (exact) mass is 245 g/mol. The van der Waals surface area contributed by atoms with Gasteiger partial charge in [0.2, 0.25) is 5.91 Å². The Bertz CT molecular complexity index is 500. The number of aromatic nitrogens is 1. The zero-order valence-electron chi connectivity index (χ0n) is 9.97. The van der Waals surface area contributed by atoms with E-state index >= 15 is 0 Å². The molecule has 4 N–H and O–H groups in total. The van der Waals surface area contributed by atoms with E-state index in [1.807, 2.05) is 4.90 Å². The van der Waals surface area contributed by atoms with E-state index in [2.05, 4.69) is 11.1 Å². The van der Waals surface area contributed by atoms with Crippen molar-refractivity contribution < 1.29 is 4.79 Å². The van der Waals surface area contributed by atoms with E-state index in [0.29, 0.717) is 43.0 Å². The highest BCUT2D eigenvalue weighted by Gasteiger charge is 2.25. The van der Waals surface area contributed by atoms with Crippen molar-refractivity contribution in [2.75, 3.05) is 23.7 Å². The summed E-state index contributed by atoms with van der Waals surface area (Å²) in [5.41, 5.74) is 11.8. The molecule has 0 radical (unpaired) electrons. The number of carbonyl (C=O) groups is 1. The number of hydrogen-bond donors (Lipinski definition) is 2. The largest absolute Gasteiger partial charge is 0.397 e. The van der Waals surface area contributed by atoms with Crippen LogP contribution in [0.1, 0.15) is 18.4 Å². The molecule has 0 aromatic carbocycles. The molecule has 0 saturated carbocycles. The molecule has 94 valence electrons. The van der Waals surface area contributed by atoms with Gasteiger partial charge in [-0.2, -0.15) is 5.26 Å². The van der Waals surface area contributed by atoms with E-state index in [1.165, 1.54) is 6.20 Å². The molecule has 18 heavy (non-hydrogen) atoms. The van der Waals surface area contributed by atoms with Crippen LogP contribution >= 0.6 is 0 Å². The topological polar surface area (TPSA) is 109 Å². The van der Waals surface area contributed by atoms with E-state index in [0.717, 1.165) is 0 Å². The van der Waals surface area contributed by atoms with Crippen LogP contribution in [-0.2, 0) is 4.79 Å². The summed E-state index contributed by atoms with van der Waals surface area (Å²) in [6, 6.07) is 3.71. The predicted molar refractivity (Wildman–Crippen MR) is 67.5 cm³/mol. The van der Waals surface area contributed by atoms with Crippen LogP contribution < -0.4 is 16.4 Å². The molecule has 2 rings (SSSR count). The molecule has 2 heterocycles. The van der Waals surface area contributed by atoms with Crippen molar-refractivity contribution >= 4 is 17.4 Å². The molecule has 1 amide bonds. The lowest BCUT2D eigenvalue weighted by molar-refractivity contribution is -0.122. The first-order valence-electron chi connectivity index (χ1n) is 5.81. The minimum atomic E-state index is -0.250. The average molecular weight is 245 g/mol. The van der Waals surface area contributed by atoms with E-state index in [1.54, 1.807) is 6.07 Å². The Labute approximate surface area is 105 Å². The van der Waals surface area contributed by atoms with Gasteiger partial charge in [0.1, 0.15) is 11.9 Å². The van der Waals surface area contributed by atoms with Crippen LogP contribution in [0.4, 0.5) is 11.5 Å². The van der Waals surface area contributed by atoms with Gasteiger partial charge in [0.05, 0.1) is 17.4 Å². The molecule has 0 unspecified atom stereocenters. The minimum absolute atomic E-state index is 0.0689. The van der Waals surface area contributed by atoms with E-state index in [4.69, 9.17) is 16.7 Å². The number of pyridine rings is 1. The molecular formula is C12H15N5O. The normalized spacial score (nSPS) is 16.3. The maximum Gasteiger partial charge on any atom is 0.220 e. The van der Waals surface area contributed by atoms with Gasteiger partial charge in [-0.25, -0.2) is 4.98 Å². The van der Waals surface area contributed by atoms with Crippen molar-refractivity contribution in [2.45, 2.75) is 12.8 Å². The van der Waals surface area contributed by atoms with Crippen LogP contribution in [0.25, 0.3) is 0 Å². The summed E-state index contributed by atoms with van der Waals surface area (Å²) in [5.74, 6) is 0.315. The molecule has 1 aliphatic rings. The fourth-order valence-corrected chi connectivity index (χ4v) is 2.18. The molecule has 1 saturated heterocycles. The summed E-state index contributed by atoms with van der Waals surface area (Å²) in [4.78, 5) is 17.3. The number of nitriles is 1. The Morgan fingerprint density at radius 2 is 2.17 bits per heavy atom. The van der Waals surface area contributed by atoms with Gasteiger partial charge in [0, 0.05) is 19.0 Å².